The average Bonchev–Trinajstić information content (AvgIpc) is 2.80. The van der Waals surface area contributed by atoms with Crippen LogP contribution in [0.25, 0.3) is 0 Å². The van der Waals surface area contributed by atoms with Gasteiger partial charge in [-0.05, 0) is 23.1 Å². The summed E-state index contributed by atoms with van der Waals surface area (Å²) in [5.74, 6) is -0.125. The molecule has 1 aromatic rings. The molecule has 1 unspecified atom stereocenters. The van der Waals surface area contributed by atoms with E-state index in [1.807, 2.05) is 0 Å². The van der Waals surface area contributed by atoms with Gasteiger partial charge in [-0.2, -0.15) is 0 Å². The van der Waals surface area contributed by atoms with E-state index in [1.165, 1.54) is 23.3 Å². The van der Waals surface area contributed by atoms with Crippen molar-refractivity contribution in [3.05, 3.63) is 41.2 Å². The van der Waals surface area contributed by atoms with E-state index in [4.69, 9.17) is 14.3 Å². The number of carbonyl (C=O) groups excluding carboxylic acids is 1. The number of rotatable bonds is 7. The van der Waals surface area contributed by atoms with Gasteiger partial charge in [-0.25, -0.2) is 8.42 Å². The van der Waals surface area contributed by atoms with Crippen LogP contribution in [0.5, 0.6) is 0 Å². The maximum Gasteiger partial charge on any atom is 0.197 e. The van der Waals surface area contributed by atoms with Crippen molar-refractivity contribution >= 4 is 31.8 Å². The molecule has 0 saturated heterocycles. The molecule has 1 aliphatic rings. The Morgan fingerprint density at radius 3 is 2.62 bits per heavy atom. The molecular formula is C15H18BrNO6S. The summed E-state index contributed by atoms with van der Waals surface area (Å²) in [4.78, 5) is 18.3. The van der Waals surface area contributed by atoms with Crippen LogP contribution in [-0.2, 0) is 24.1 Å². The molecule has 7 nitrogen and oxygen atoms in total. The molecule has 9 heteroatoms. The van der Waals surface area contributed by atoms with Crippen molar-refractivity contribution < 1.29 is 27.5 Å². The van der Waals surface area contributed by atoms with Crippen LogP contribution >= 0.6 is 16.1 Å². The number of methoxy groups -OCH3 is 1. The molecule has 1 aliphatic heterocycles. The number of ketones is 1. The van der Waals surface area contributed by atoms with E-state index >= 15 is 0 Å². The number of nitrogens with zero attached hydrogens (tertiary/aromatic N) is 1. The number of carbonyl (C=O) groups is 1. The molecule has 0 amide bonds. The van der Waals surface area contributed by atoms with E-state index in [1.54, 1.807) is 19.1 Å². The van der Waals surface area contributed by atoms with Gasteiger partial charge < -0.3 is 14.3 Å². The second-order valence-electron chi connectivity index (χ2n) is 5.15. The molecule has 0 bridgehead atoms. The summed E-state index contributed by atoms with van der Waals surface area (Å²) in [6, 6.07) is 6.06. The third-order valence-electron chi connectivity index (χ3n) is 3.37. The molecule has 0 spiro atoms. The highest BCUT2D eigenvalue weighted by atomic mass is 79.9. The summed E-state index contributed by atoms with van der Waals surface area (Å²) in [5.41, 5.74) is 0.320. The Labute approximate surface area is 149 Å². The lowest BCUT2D eigenvalue weighted by molar-refractivity contribution is -0.114. The third-order valence-corrected chi connectivity index (χ3v) is 5.05. The molecule has 132 valence electrons. The second-order valence-corrected chi connectivity index (χ2v) is 7.83. The fraction of sp³-hybridized carbons (Fsp3) is 0.400. The fourth-order valence-corrected chi connectivity index (χ4v) is 3.71. The molecule has 0 saturated carbocycles. The van der Waals surface area contributed by atoms with Crippen molar-refractivity contribution in [3.63, 3.8) is 0 Å². The van der Waals surface area contributed by atoms with Crippen molar-refractivity contribution in [2.75, 3.05) is 26.6 Å². The zero-order valence-electron chi connectivity index (χ0n) is 13.5. The second kappa shape index (κ2) is 7.75. The number of hydrogen-bond acceptors (Lipinski definition) is 7. The summed E-state index contributed by atoms with van der Waals surface area (Å²) < 4.78 is 35.7. The Morgan fingerprint density at radius 1 is 1.33 bits per heavy atom. The van der Waals surface area contributed by atoms with Gasteiger partial charge in [0, 0.05) is 18.9 Å². The summed E-state index contributed by atoms with van der Waals surface area (Å²) in [7, 11) is -2.01. The van der Waals surface area contributed by atoms with Gasteiger partial charge in [-0.15, -0.1) is 0 Å². The quantitative estimate of drug-likeness (QED) is 0.380. The first-order valence-electron chi connectivity index (χ1n) is 7.05. The van der Waals surface area contributed by atoms with E-state index in [2.05, 4.69) is 16.1 Å². The van der Waals surface area contributed by atoms with E-state index in [0.717, 1.165) is 6.26 Å². The van der Waals surface area contributed by atoms with Crippen molar-refractivity contribution in [1.82, 2.24) is 4.09 Å². The first kappa shape index (κ1) is 19.1. The molecule has 0 fully saturated rings. The van der Waals surface area contributed by atoms with E-state index in [-0.39, 0.29) is 22.6 Å². The van der Waals surface area contributed by atoms with Gasteiger partial charge in [0.1, 0.15) is 5.76 Å². The van der Waals surface area contributed by atoms with Crippen LogP contribution in [-0.4, -0.2) is 51.1 Å². The smallest absolute Gasteiger partial charge is 0.197 e. The van der Waals surface area contributed by atoms with Crippen LogP contribution in [0.1, 0.15) is 17.3 Å². The van der Waals surface area contributed by atoms with Crippen molar-refractivity contribution in [2.24, 2.45) is 0 Å². The van der Waals surface area contributed by atoms with Gasteiger partial charge in [-0.1, -0.05) is 12.1 Å². The maximum atomic E-state index is 13.0. The number of ether oxygens (including phenoxy) is 2. The zero-order valence-corrected chi connectivity index (χ0v) is 15.9. The number of halogens is 1. The number of Topliss-reactive ketones (excluding diaryl/α,β-unsaturated/α-hetero) is 1. The minimum absolute atomic E-state index is 0.0287. The lowest BCUT2D eigenvalue weighted by atomic mass is 10.0. The monoisotopic (exact) mass is 419 g/mol. The van der Waals surface area contributed by atoms with Crippen molar-refractivity contribution in [2.45, 2.75) is 18.0 Å². The van der Waals surface area contributed by atoms with Gasteiger partial charge in [0.15, 0.2) is 21.8 Å². The number of hydroxylamine groups is 1. The van der Waals surface area contributed by atoms with Gasteiger partial charge in [-0.3, -0.25) is 4.79 Å². The lowest BCUT2D eigenvalue weighted by Crippen LogP contribution is -2.30. The van der Waals surface area contributed by atoms with Gasteiger partial charge in [0.2, 0.25) is 0 Å². The molecule has 0 N–H and O–H groups in total. The Morgan fingerprint density at radius 2 is 2.00 bits per heavy atom. The number of hydrogen-bond donors (Lipinski definition) is 0. The number of sulfone groups is 1. The standard InChI is InChI=1S/C15H18BrNO6S/c1-10-13(15(17(16)23-10)22-9-8-21-2)14(18)11-6-4-5-7-12(11)24(3,19)20/h4-7,15H,8-9H2,1-3H3. The first-order chi connectivity index (χ1) is 11.3. The predicted octanol–water partition coefficient (Wildman–Crippen LogP) is 2.09. The minimum atomic E-state index is -3.55. The molecule has 1 atom stereocenters. The largest absolute Gasteiger partial charge is 0.396 e. The summed E-state index contributed by atoms with van der Waals surface area (Å²) in [5, 5.41) is 0. The van der Waals surface area contributed by atoms with Gasteiger partial charge in [0.25, 0.3) is 0 Å². The van der Waals surface area contributed by atoms with Gasteiger partial charge in [0.05, 0.1) is 39.8 Å². The maximum absolute atomic E-state index is 13.0. The number of allylic oxidation sites excluding steroid dienone is 1. The Hall–Kier alpha value is -1.26. The summed E-state index contributed by atoms with van der Waals surface area (Å²) in [6.45, 7) is 2.20. The zero-order chi connectivity index (χ0) is 17.9. The molecule has 0 aliphatic carbocycles. The summed E-state index contributed by atoms with van der Waals surface area (Å²) >= 11 is 3.17. The molecular weight excluding hydrogens is 402 g/mol. The molecule has 24 heavy (non-hydrogen) atoms. The third kappa shape index (κ3) is 4.04. The van der Waals surface area contributed by atoms with Gasteiger partial charge >= 0.3 is 0 Å². The van der Waals surface area contributed by atoms with Crippen molar-refractivity contribution in [3.8, 4) is 0 Å². The highest BCUT2D eigenvalue weighted by Gasteiger charge is 2.38. The molecule has 1 aromatic carbocycles. The van der Waals surface area contributed by atoms with Crippen LogP contribution in [0.4, 0.5) is 0 Å². The lowest BCUT2D eigenvalue weighted by Gasteiger charge is -2.18. The van der Waals surface area contributed by atoms with Crippen LogP contribution in [0.15, 0.2) is 40.5 Å². The Balaban J connectivity index is 2.39. The van der Waals surface area contributed by atoms with E-state index in [0.29, 0.717) is 12.4 Å². The van der Waals surface area contributed by atoms with Crippen LogP contribution in [0.3, 0.4) is 0 Å². The SMILES string of the molecule is COCCOC1C(C(=O)c2ccccc2S(C)(=O)=O)=C(C)ON1Br. The predicted molar refractivity (Wildman–Crippen MR) is 90.0 cm³/mol. The van der Waals surface area contributed by atoms with Crippen LogP contribution < -0.4 is 0 Å². The Bertz CT molecular complexity index is 761. The van der Waals surface area contributed by atoms with E-state index < -0.39 is 21.8 Å². The Kier molecular flexibility index (Phi) is 6.16. The molecule has 2 rings (SSSR count). The highest BCUT2D eigenvalue weighted by Crippen LogP contribution is 2.33. The average molecular weight is 420 g/mol. The first-order valence-corrected chi connectivity index (χ1v) is 9.65. The molecule has 1 heterocycles. The minimum Gasteiger partial charge on any atom is -0.396 e. The highest BCUT2D eigenvalue weighted by molar-refractivity contribution is 9.07. The van der Waals surface area contributed by atoms with Crippen LogP contribution in [0.2, 0.25) is 0 Å². The fourth-order valence-electron chi connectivity index (χ4n) is 2.28. The normalized spacial score (nSPS) is 18.8. The molecule has 0 aromatic heterocycles. The van der Waals surface area contributed by atoms with E-state index in [9.17, 15) is 13.2 Å². The topological polar surface area (TPSA) is 82.1 Å². The van der Waals surface area contributed by atoms with Crippen molar-refractivity contribution in [1.29, 1.82) is 0 Å². The molecule has 0 radical (unpaired) electrons. The summed E-state index contributed by atoms with van der Waals surface area (Å²) in [6.07, 6.45) is 0.259. The number of benzene rings is 1. The van der Waals surface area contributed by atoms with Crippen LogP contribution in [0, 0.1) is 0 Å².